The molecule has 1 heterocycles. The smallest absolute Gasteiger partial charge is 0.285 e. The molecule has 27 heavy (non-hydrogen) atoms. The summed E-state index contributed by atoms with van der Waals surface area (Å²) >= 11 is 7.27. The molecule has 1 amide bonds. The Morgan fingerprint density at radius 2 is 2.15 bits per heavy atom. The molecule has 0 aliphatic carbocycles. The number of rotatable bonds is 5. The molecule has 0 spiro atoms. The average Bonchev–Trinajstić information content (AvgIpc) is 3.06. The summed E-state index contributed by atoms with van der Waals surface area (Å²) in [6, 6.07) is 10.3. The number of carbonyl (C=O) groups excluding carboxylic acids is 1. The summed E-state index contributed by atoms with van der Waals surface area (Å²) in [5.74, 6) is -0.244. The van der Waals surface area contributed by atoms with Gasteiger partial charge >= 0.3 is 0 Å². The first kappa shape index (κ1) is 19.0. The second kappa shape index (κ2) is 7.85. The third-order valence-electron chi connectivity index (χ3n) is 4.01. The van der Waals surface area contributed by atoms with Crippen molar-refractivity contribution in [2.45, 2.75) is 13.8 Å². The topological polar surface area (TPSA) is 76.3 Å². The summed E-state index contributed by atoms with van der Waals surface area (Å²) in [5, 5.41) is 11.7. The number of nitro groups is 1. The molecule has 3 aromatic rings. The monoisotopic (exact) mass is 401 g/mol. The van der Waals surface area contributed by atoms with Crippen LogP contribution in [-0.2, 0) is 4.79 Å². The maximum Gasteiger partial charge on any atom is 0.288 e. The van der Waals surface area contributed by atoms with Gasteiger partial charge in [-0.25, -0.2) is 4.98 Å². The molecule has 0 aliphatic heterocycles. The fourth-order valence-electron chi connectivity index (χ4n) is 2.61. The van der Waals surface area contributed by atoms with Gasteiger partial charge in [-0.2, -0.15) is 0 Å². The Morgan fingerprint density at radius 1 is 1.37 bits per heavy atom. The van der Waals surface area contributed by atoms with Crippen molar-refractivity contribution in [1.29, 1.82) is 0 Å². The van der Waals surface area contributed by atoms with E-state index in [9.17, 15) is 14.9 Å². The number of amides is 1. The van der Waals surface area contributed by atoms with E-state index in [0.717, 1.165) is 15.8 Å². The van der Waals surface area contributed by atoms with Crippen molar-refractivity contribution >= 4 is 56.0 Å². The number of carbonyl (C=O) groups is 1. The van der Waals surface area contributed by atoms with Crippen LogP contribution in [0.2, 0.25) is 5.02 Å². The van der Waals surface area contributed by atoms with Crippen LogP contribution in [0.15, 0.2) is 42.5 Å². The maximum atomic E-state index is 12.6. The Morgan fingerprint density at radius 3 is 2.81 bits per heavy atom. The minimum absolute atomic E-state index is 0.0588. The molecular weight excluding hydrogens is 386 g/mol. The molecule has 0 radical (unpaired) electrons. The summed E-state index contributed by atoms with van der Waals surface area (Å²) < 4.78 is 1.02. The van der Waals surface area contributed by atoms with Crippen LogP contribution in [-0.4, -0.2) is 22.4 Å². The lowest BCUT2D eigenvalue weighted by molar-refractivity contribution is -0.384. The number of anilines is 1. The highest BCUT2D eigenvalue weighted by atomic mass is 35.5. The summed E-state index contributed by atoms with van der Waals surface area (Å²) in [6.07, 6.45) is 2.92. The van der Waals surface area contributed by atoms with E-state index in [1.165, 1.54) is 35.6 Å². The van der Waals surface area contributed by atoms with Crippen molar-refractivity contribution in [3.63, 3.8) is 0 Å². The number of likely N-dealkylation sites (N-methyl/N-ethyl adjacent to an activating group) is 1. The van der Waals surface area contributed by atoms with Gasteiger partial charge in [0, 0.05) is 18.7 Å². The molecule has 0 atom stereocenters. The SMILES string of the molecule is CCN(C(=O)C=Cc1ccc(Cl)c([N+](=O)[O-])c1)c1nc2c(C)cccc2s1. The molecule has 3 rings (SSSR count). The predicted octanol–water partition coefficient (Wildman–Crippen LogP) is 5.23. The summed E-state index contributed by atoms with van der Waals surface area (Å²) in [6.45, 7) is 4.32. The van der Waals surface area contributed by atoms with Crippen molar-refractivity contribution in [3.8, 4) is 0 Å². The first-order valence-electron chi connectivity index (χ1n) is 8.20. The van der Waals surface area contributed by atoms with Crippen LogP contribution in [0.5, 0.6) is 0 Å². The number of benzene rings is 2. The molecule has 0 N–H and O–H groups in total. The van der Waals surface area contributed by atoms with E-state index in [1.54, 1.807) is 11.0 Å². The molecule has 0 aliphatic rings. The molecule has 0 unspecified atom stereocenters. The molecule has 0 saturated carbocycles. The van der Waals surface area contributed by atoms with Crippen LogP contribution >= 0.6 is 22.9 Å². The zero-order chi connectivity index (χ0) is 19.6. The standard InChI is InChI=1S/C19H16ClN3O3S/c1-3-22(19-21-18-12(2)5-4-6-16(18)27-19)17(24)10-8-13-7-9-14(20)15(11-13)23(25)26/h4-11H,3H2,1-2H3. The lowest BCUT2D eigenvalue weighted by Crippen LogP contribution is -2.28. The van der Waals surface area contributed by atoms with Gasteiger partial charge in [0.15, 0.2) is 5.13 Å². The zero-order valence-corrected chi connectivity index (χ0v) is 16.3. The average molecular weight is 402 g/mol. The second-order valence-electron chi connectivity index (χ2n) is 5.80. The Balaban J connectivity index is 1.86. The fourth-order valence-corrected chi connectivity index (χ4v) is 3.91. The van der Waals surface area contributed by atoms with Gasteiger partial charge in [-0.05, 0) is 43.2 Å². The summed E-state index contributed by atoms with van der Waals surface area (Å²) in [7, 11) is 0. The maximum absolute atomic E-state index is 12.6. The van der Waals surface area contributed by atoms with Crippen LogP contribution in [0.1, 0.15) is 18.1 Å². The van der Waals surface area contributed by atoms with E-state index in [4.69, 9.17) is 11.6 Å². The van der Waals surface area contributed by atoms with Crippen molar-refractivity contribution in [2.24, 2.45) is 0 Å². The molecule has 2 aromatic carbocycles. The van der Waals surface area contributed by atoms with E-state index in [1.807, 2.05) is 32.0 Å². The summed E-state index contributed by atoms with van der Waals surface area (Å²) in [5.41, 5.74) is 2.28. The lowest BCUT2D eigenvalue weighted by atomic mass is 10.2. The third-order valence-corrected chi connectivity index (χ3v) is 5.37. The quantitative estimate of drug-likeness (QED) is 0.333. The van der Waals surface area contributed by atoms with Crippen molar-refractivity contribution in [1.82, 2.24) is 4.98 Å². The number of aryl methyl sites for hydroxylation is 1. The van der Waals surface area contributed by atoms with E-state index >= 15 is 0 Å². The Hall–Kier alpha value is -2.77. The molecule has 6 nitrogen and oxygen atoms in total. The van der Waals surface area contributed by atoms with Gasteiger partial charge in [-0.3, -0.25) is 19.8 Å². The van der Waals surface area contributed by atoms with Crippen molar-refractivity contribution < 1.29 is 9.72 Å². The second-order valence-corrected chi connectivity index (χ2v) is 7.22. The van der Waals surface area contributed by atoms with Crippen LogP contribution in [0.4, 0.5) is 10.8 Å². The number of aromatic nitrogens is 1. The van der Waals surface area contributed by atoms with Crippen LogP contribution < -0.4 is 4.90 Å². The van der Waals surface area contributed by atoms with Gasteiger partial charge in [0.2, 0.25) is 0 Å². The van der Waals surface area contributed by atoms with Gasteiger partial charge in [0.25, 0.3) is 11.6 Å². The van der Waals surface area contributed by atoms with Gasteiger partial charge < -0.3 is 0 Å². The van der Waals surface area contributed by atoms with Gasteiger partial charge in [-0.15, -0.1) is 0 Å². The first-order chi connectivity index (χ1) is 12.9. The molecule has 0 bridgehead atoms. The Kier molecular flexibility index (Phi) is 5.53. The number of para-hydroxylation sites is 1. The number of fused-ring (bicyclic) bond motifs is 1. The molecular formula is C19H16ClN3O3S. The number of hydrogen-bond acceptors (Lipinski definition) is 5. The first-order valence-corrected chi connectivity index (χ1v) is 9.40. The van der Waals surface area contributed by atoms with E-state index < -0.39 is 4.92 Å². The van der Waals surface area contributed by atoms with E-state index in [2.05, 4.69) is 4.98 Å². The van der Waals surface area contributed by atoms with Crippen molar-refractivity contribution in [3.05, 3.63) is 68.7 Å². The number of thiazole rings is 1. The molecule has 138 valence electrons. The normalized spacial score (nSPS) is 11.2. The van der Waals surface area contributed by atoms with Gasteiger partial charge in [0.1, 0.15) is 5.02 Å². The highest BCUT2D eigenvalue weighted by Crippen LogP contribution is 2.31. The largest absolute Gasteiger partial charge is 0.288 e. The zero-order valence-electron chi connectivity index (χ0n) is 14.7. The van der Waals surface area contributed by atoms with Crippen LogP contribution in [0.3, 0.4) is 0 Å². The molecule has 0 fully saturated rings. The minimum atomic E-state index is -0.552. The van der Waals surface area contributed by atoms with Crippen LogP contribution in [0.25, 0.3) is 16.3 Å². The van der Waals surface area contributed by atoms with Crippen molar-refractivity contribution in [2.75, 3.05) is 11.4 Å². The summed E-state index contributed by atoms with van der Waals surface area (Å²) in [4.78, 5) is 29.2. The third kappa shape index (κ3) is 3.99. The number of halogens is 1. The van der Waals surface area contributed by atoms with E-state index in [0.29, 0.717) is 17.2 Å². The Bertz CT molecular complexity index is 1060. The number of hydrogen-bond donors (Lipinski definition) is 0. The minimum Gasteiger partial charge on any atom is -0.285 e. The van der Waals surface area contributed by atoms with Gasteiger partial charge in [0.05, 0.1) is 15.1 Å². The molecule has 8 heteroatoms. The lowest BCUT2D eigenvalue weighted by Gasteiger charge is -2.15. The van der Waals surface area contributed by atoms with Gasteiger partial charge in [-0.1, -0.05) is 41.1 Å². The predicted molar refractivity (Wildman–Crippen MR) is 110 cm³/mol. The van der Waals surface area contributed by atoms with Crippen LogP contribution in [0, 0.1) is 17.0 Å². The Labute approximate surface area is 164 Å². The fraction of sp³-hybridized carbons (Fsp3) is 0.158. The molecule has 0 saturated heterocycles. The molecule has 1 aromatic heterocycles. The number of nitrogens with zero attached hydrogens (tertiary/aromatic N) is 3. The number of nitro benzene ring substituents is 1. The highest BCUT2D eigenvalue weighted by Gasteiger charge is 2.17. The highest BCUT2D eigenvalue weighted by molar-refractivity contribution is 7.22. The van der Waals surface area contributed by atoms with E-state index in [-0.39, 0.29) is 16.6 Å².